The summed E-state index contributed by atoms with van der Waals surface area (Å²) in [5.41, 5.74) is 0.491. The molecule has 1 heterocycles. The molecule has 0 fully saturated rings. The molecule has 6 nitrogen and oxygen atoms in total. The van der Waals surface area contributed by atoms with Crippen LogP contribution < -0.4 is 4.74 Å². The van der Waals surface area contributed by atoms with Crippen molar-refractivity contribution >= 4 is 29.3 Å². The van der Waals surface area contributed by atoms with E-state index in [0.717, 1.165) is 4.90 Å². The van der Waals surface area contributed by atoms with Crippen LogP contribution in [0.4, 0.5) is 0 Å². The molecule has 1 aromatic heterocycles. The summed E-state index contributed by atoms with van der Waals surface area (Å²) < 4.78 is 15.9. The molecule has 0 aliphatic rings. The van der Waals surface area contributed by atoms with Gasteiger partial charge < -0.3 is 14.0 Å². The lowest BCUT2D eigenvalue weighted by Gasteiger charge is -2.10. The lowest BCUT2D eigenvalue weighted by atomic mass is 10.2. The van der Waals surface area contributed by atoms with Crippen molar-refractivity contribution in [2.75, 3.05) is 13.2 Å². The standard InChI is InChI=1S/C19H17ClN2O4S/c1-13-21-18(26-22-13)12-27-17-5-3-2-4-16(17)19(23)25-11-10-24-15-8-6-14(20)7-9-15/h2-9H,10-12H2,1H3. The van der Waals surface area contributed by atoms with Crippen LogP contribution in [0.5, 0.6) is 5.75 Å². The van der Waals surface area contributed by atoms with Crippen LogP contribution in [0.15, 0.2) is 57.9 Å². The number of halogens is 1. The van der Waals surface area contributed by atoms with Gasteiger partial charge in [0.15, 0.2) is 5.82 Å². The van der Waals surface area contributed by atoms with Crippen LogP contribution in [0.1, 0.15) is 22.1 Å². The van der Waals surface area contributed by atoms with Gasteiger partial charge in [0.05, 0.1) is 11.3 Å². The van der Waals surface area contributed by atoms with Crippen molar-refractivity contribution < 1.29 is 18.8 Å². The second kappa shape index (κ2) is 9.43. The first-order valence-corrected chi connectivity index (χ1v) is 9.54. The summed E-state index contributed by atoms with van der Waals surface area (Å²) in [6.45, 7) is 2.16. The van der Waals surface area contributed by atoms with Gasteiger partial charge in [-0.2, -0.15) is 4.98 Å². The van der Waals surface area contributed by atoms with Gasteiger partial charge in [-0.3, -0.25) is 0 Å². The number of carbonyl (C=O) groups excluding carboxylic acids is 1. The van der Waals surface area contributed by atoms with Crippen LogP contribution in [0.3, 0.4) is 0 Å². The Morgan fingerprint density at radius 2 is 1.93 bits per heavy atom. The van der Waals surface area contributed by atoms with Gasteiger partial charge >= 0.3 is 5.97 Å². The molecule has 8 heteroatoms. The number of aryl methyl sites for hydroxylation is 1. The zero-order valence-electron chi connectivity index (χ0n) is 14.6. The lowest BCUT2D eigenvalue weighted by molar-refractivity contribution is 0.0446. The topological polar surface area (TPSA) is 74.5 Å². The first kappa shape index (κ1) is 19.3. The lowest BCUT2D eigenvalue weighted by Crippen LogP contribution is -2.13. The van der Waals surface area contributed by atoms with Crippen molar-refractivity contribution in [3.05, 3.63) is 70.8 Å². The Kier molecular flexibility index (Phi) is 6.73. The Balaban J connectivity index is 1.51. The van der Waals surface area contributed by atoms with Crippen LogP contribution in [-0.2, 0) is 10.5 Å². The average molecular weight is 405 g/mol. The number of hydrogen-bond donors (Lipinski definition) is 0. The van der Waals surface area contributed by atoms with Crippen molar-refractivity contribution in [1.82, 2.24) is 10.1 Å². The van der Waals surface area contributed by atoms with E-state index >= 15 is 0 Å². The third-order valence-electron chi connectivity index (χ3n) is 3.43. The Morgan fingerprint density at radius 1 is 1.15 bits per heavy atom. The van der Waals surface area contributed by atoms with E-state index in [2.05, 4.69) is 10.1 Å². The monoisotopic (exact) mass is 404 g/mol. The minimum absolute atomic E-state index is 0.142. The molecule has 140 valence electrons. The summed E-state index contributed by atoms with van der Waals surface area (Å²) in [5, 5.41) is 4.39. The SMILES string of the molecule is Cc1noc(CSc2ccccc2C(=O)OCCOc2ccc(Cl)cc2)n1. The van der Waals surface area contributed by atoms with E-state index < -0.39 is 5.97 Å². The van der Waals surface area contributed by atoms with E-state index in [-0.39, 0.29) is 13.2 Å². The van der Waals surface area contributed by atoms with Gasteiger partial charge in [-0.25, -0.2) is 4.79 Å². The second-order valence-electron chi connectivity index (χ2n) is 5.46. The maximum atomic E-state index is 12.4. The van der Waals surface area contributed by atoms with Crippen molar-refractivity contribution in [3.8, 4) is 5.75 Å². The van der Waals surface area contributed by atoms with Crippen molar-refractivity contribution in [1.29, 1.82) is 0 Å². The van der Waals surface area contributed by atoms with E-state index in [9.17, 15) is 4.79 Å². The highest BCUT2D eigenvalue weighted by Gasteiger charge is 2.14. The molecule has 3 rings (SSSR count). The molecule has 0 amide bonds. The molecule has 0 aliphatic carbocycles. The molecular weight excluding hydrogens is 388 g/mol. The molecule has 0 aliphatic heterocycles. The number of ether oxygens (including phenoxy) is 2. The molecule has 2 aromatic carbocycles. The van der Waals surface area contributed by atoms with Crippen LogP contribution >= 0.6 is 23.4 Å². The van der Waals surface area contributed by atoms with E-state index in [1.807, 2.05) is 12.1 Å². The number of aromatic nitrogens is 2. The zero-order chi connectivity index (χ0) is 19.1. The highest BCUT2D eigenvalue weighted by molar-refractivity contribution is 7.98. The van der Waals surface area contributed by atoms with Crippen LogP contribution in [0.2, 0.25) is 5.02 Å². The van der Waals surface area contributed by atoms with Gasteiger partial charge in [0, 0.05) is 9.92 Å². The molecule has 3 aromatic rings. The van der Waals surface area contributed by atoms with E-state index in [0.29, 0.717) is 33.8 Å². The fraction of sp³-hybridized carbons (Fsp3) is 0.211. The molecule has 0 saturated carbocycles. The van der Waals surface area contributed by atoms with Gasteiger partial charge in [-0.15, -0.1) is 11.8 Å². The van der Waals surface area contributed by atoms with E-state index in [1.54, 1.807) is 43.3 Å². The quantitative estimate of drug-likeness (QED) is 0.309. The molecule has 0 atom stereocenters. The Morgan fingerprint density at radius 3 is 2.67 bits per heavy atom. The first-order chi connectivity index (χ1) is 13.1. The van der Waals surface area contributed by atoms with Crippen molar-refractivity contribution in [2.24, 2.45) is 0 Å². The number of benzene rings is 2. The number of thioether (sulfide) groups is 1. The minimum atomic E-state index is -0.403. The summed E-state index contributed by atoms with van der Waals surface area (Å²) in [7, 11) is 0. The highest BCUT2D eigenvalue weighted by Crippen LogP contribution is 2.26. The molecular formula is C19H17ClN2O4S. The molecule has 0 saturated heterocycles. The van der Waals surface area contributed by atoms with Crippen molar-refractivity contribution in [3.63, 3.8) is 0 Å². The molecule has 0 N–H and O–H groups in total. The van der Waals surface area contributed by atoms with Gasteiger partial charge in [0.2, 0.25) is 5.89 Å². The summed E-state index contributed by atoms with van der Waals surface area (Å²) in [6, 6.07) is 14.2. The van der Waals surface area contributed by atoms with E-state index in [4.69, 9.17) is 25.6 Å². The summed E-state index contributed by atoms with van der Waals surface area (Å²) in [6.07, 6.45) is 0. The smallest absolute Gasteiger partial charge is 0.339 e. The molecule has 0 bridgehead atoms. The Hall–Kier alpha value is -2.51. The number of esters is 1. The number of carbonyl (C=O) groups is 1. The minimum Gasteiger partial charge on any atom is -0.490 e. The summed E-state index contributed by atoms with van der Waals surface area (Å²) in [4.78, 5) is 17.3. The largest absolute Gasteiger partial charge is 0.490 e. The average Bonchev–Trinajstić information content (AvgIpc) is 3.10. The molecule has 0 radical (unpaired) electrons. The molecule has 0 spiro atoms. The Bertz CT molecular complexity index is 899. The zero-order valence-corrected chi connectivity index (χ0v) is 16.1. The number of rotatable bonds is 8. The van der Waals surface area contributed by atoms with Gasteiger partial charge in [-0.05, 0) is 43.3 Å². The van der Waals surface area contributed by atoms with Gasteiger partial charge in [0.25, 0.3) is 0 Å². The van der Waals surface area contributed by atoms with Crippen LogP contribution in [-0.4, -0.2) is 29.3 Å². The maximum Gasteiger partial charge on any atom is 0.339 e. The van der Waals surface area contributed by atoms with Crippen LogP contribution in [0.25, 0.3) is 0 Å². The fourth-order valence-electron chi connectivity index (χ4n) is 2.20. The van der Waals surface area contributed by atoms with Gasteiger partial charge in [-0.1, -0.05) is 28.9 Å². The third-order valence-corrected chi connectivity index (χ3v) is 4.74. The summed E-state index contributed by atoms with van der Waals surface area (Å²) >= 11 is 7.26. The number of nitrogens with zero attached hydrogens (tertiary/aromatic N) is 2. The highest BCUT2D eigenvalue weighted by atomic mass is 35.5. The van der Waals surface area contributed by atoms with Crippen LogP contribution in [0, 0.1) is 6.92 Å². The first-order valence-electron chi connectivity index (χ1n) is 8.18. The normalized spacial score (nSPS) is 10.6. The van der Waals surface area contributed by atoms with Crippen molar-refractivity contribution in [2.45, 2.75) is 17.6 Å². The van der Waals surface area contributed by atoms with Gasteiger partial charge in [0.1, 0.15) is 19.0 Å². The third kappa shape index (κ3) is 5.74. The molecule has 0 unspecified atom stereocenters. The number of hydrogen-bond acceptors (Lipinski definition) is 7. The predicted molar refractivity (Wildman–Crippen MR) is 102 cm³/mol. The fourth-order valence-corrected chi connectivity index (χ4v) is 3.21. The molecule has 27 heavy (non-hydrogen) atoms. The predicted octanol–water partition coefficient (Wildman–Crippen LogP) is 4.56. The maximum absolute atomic E-state index is 12.4. The Labute approximate surface area is 165 Å². The summed E-state index contributed by atoms with van der Waals surface area (Å²) in [5.74, 6) is 1.84. The van der Waals surface area contributed by atoms with E-state index in [1.165, 1.54) is 11.8 Å². The second-order valence-corrected chi connectivity index (χ2v) is 6.91.